The van der Waals surface area contributed by atoms with Gasteiger partial charge < -0.3 is 19.3 Å². The van der Waals surface area contributed by atoms with Crippen LogP contribution in [0.3, 0.4) is 0 Å². The number of fused-ring (bicyclic) bond motifs is 1. The van der Waals surface area contributed by atoms with Gasteiger partial charge in [-0.1, -0.05) is 5.18 Å². The first-order valence-corrected chi connectivity index (χ1v) is 4.91. The Morgan fingerprint density at radius 3 is 2.56 bits per heavy atom. The molecule has 0 spiro atoms. The molecule has 90 valence electrons. The smallest absolute Gasteiger partial charge is 0.190 e. The summed E-state index contributed by atoms with van der Waals surface area (Å²) in [6, 6.07) is -1.10. The second kappa shape index (κ2) is 3.56. The van der Waals surface area contributed by atoms with E-state index in [1.54, 1.807) is 13.8 Å². The Morgan fingerprint density at radius 1 is 1.38 bits per heavy atom. The van der Waals surface area contributed by atoms with E-state index < -0.39 is 36.4 Å². The Balaban J connectivity index is 2.28. The third kappa shape index (κ3) is 1.47. The fourth-order valence-electron chi connectivity index (χ4n) is 2.04. The summed E-state index contributed by atoms with van der Waals surface area (Å²) >= 11 is 0. The minimum atomic E-state index is -1.65. The number of aliphatic hydroxyl groups excluding tert-OH is 1. The first kappa shape index (κ1) is 11.6. The summed E-state index contributed by atoms with van der Waals surface area (Å²) in [4.78, 5) is 21.7. The maximum absolute atomic E-state index is 10.9. The topological polar surface area (TPSA) is 94.4 Å². The number of carbonyl (C=O) groups is 1. The van der Waals surface area contributed by atoms with Gasteiger partial charge in [0.15, 0.2) is 30.0 Å². The van der Waals surface area contributed by atoms with Crippen LogP contribution in [0.5, 0.6) is 0 Å². The van der Waals surface area contributed by atoms with Crippen LogP contribution in [-0.2, 0) is 19.0 Å². The van der Waals surface area contributed by atoms with Gasteiger partial charge in [-0.2, -0.15) is 4.91 Å². The Hall–Kier alpha value is -0.890. The number of carbonyl (C=O) groups excluding carboxylic acids is 1. The Labute approximate surface area is 91.6 Å². The summed E-state index contributed by atoms with van der Waals surface area (Å²) < 4.78 is 16.0. The second-order valence-corrected chi connectivity index (χ2v) is 4.37. The van der Waals surface area contributed by atoms with E-state index in [0.29, 0.717) is 6.29 Å². The van der Waals surface area contributed by atoms with Gasteiger partial charge in [0.2, 0.25) is 0 Å². The molecule has 0 bridgehead atoms. The molecule has 0 aromatic carbocycles. The molecule has 4 atom stereocenters. The molecule has 0 radical (unpaired) electrons. The molecule has 0 aromatic heterocycles. The fraction of sp³-hybridized carbons (Fsp3) is 0.889. The van der Waals surface area contributed by atoms with Crippen molar-refractivity contribution in [1.29, 1.82) is 0 Å². The number of nitroso groups, excluding NO2 is 1. The average molecular weight is 231 g/mol. The number of hydrogen-bond donors (Lipinski definition) is 1. The van der Waals surface area contributed by atoms with Crippen molar-refractivity contribution >= 4 is 6.29 Å². The molecule has 2 fully saturated rings. The number of aliphatic hydroxyl groups is 1. The van der Waals surface area contributed by atoms with Gasteiger partial charge in [-0.15, -0.1) is 0 Å². The highest BCUT2D eigenvalue weighted by molar-refractivity contribution is 5.65. The van der Waals surface area contributed by atoms with E-state index in [-0.39, 0.29) is 0 Å². The normalized spacial score (nSPS) is 45.3. The molecule has 2 saturated heterocycles. The molecule has 16 heavy (non-hydrogen) atoms. The van der Waals surface area contributed by atoms with Crippen molar-refractivity contribution in [3.05, 3.63) is 4.91 Å². The molecule has 0 aliphatic carbocycles. The van der Waals surface area contributed by atoms with Crippen LogP contribution in [0.15, 0.2) is 5.18 Å². The Bertz CT molecular complexity index is 319. The average Bonchev–Trinajstić information content (AvgIpc) is 2.66. The van der Waals surface area contributed by atoms with Crippen LogP contribution in [0.2, 0.25) is 0 Å². The Kier molecular flexibility index (Phi) is 2.58. The van der Waals surface area contributed by atoms with E-state index in [9.17, 15) is 9.70 Å². The summed E-state index contributed by atoms with van der Waals surface area (Å²) in [7, 11) is 0. The molecule has 0 unspecified atom stereocenters. The van der Waals surface area contributed by atoms with E-state index in [1.807, 2.05) is 0 Å². The quantitative estimate of drug-likeness (QED) is 0.522. The number of hydrogen-bond acceptors (Lipinski definition) is 7. The minimum absolute atomic E-state index is 0.372. The molecule has 0 aromatic rings. The molecule has 7 heteroatoms. The first-order valence-electron chi connectivity index (χ1n) is 4.91. The zero-order valence-corrected chi connectivity index (χ0v) is 8.95. The lowest BCUT2D eigenvalue weighted by atomic mass is 9.96. The first-order chi connectivity index (χ1) is 7.48. The predicted octanol–water partition coefficient (Wildman–Crippen LogP) is -0.441. The molecule has 2 heterocycles. The van der Waals surface area contributed by atoms with Crippen molar-refractivity contribution in [3.8, 4) is 0 Å². The molecule has 0 saturated carbocycles. The van der Waals surface area contributed by atoms with Crippen molar-refractivity contribution in [2.75, 3.05) is 6.61 Å². The van der Waals surface area contributed by atoms with Gasteiger partial charge in [0.25, 0.3) is 0 Å². The summed E-state index contributed by atoms with van der Waals surface area (Å²) in [6.45, 7) is 2.70. The summed E-state index contributed by atoms with van der Waals surface area (Å²) in [5.41, 5.74) is -1.65. The lowest BCUT2D eigenvalue weighted by Gasteiger charge is -2.27. The van der Waals surface area contributed by atoms with Gasteiger partial charge in [0.05, 0.1) is 6.61 Å². The maximum Gasteiger partial charge on any atom is 0.190 e. The van der Waals surface area contributed by atoms with Crippen LogP contribution in [-0.4, -0.2) is 47.8 Å². The van der Waals surface area contributed by atoms with Gasteiger partial charge in [-0.05, 0) is 13.8 Å². The molecule has 2 rings (SSSR count). The molecule has 0 amide bonds. The van der Waals surface area contributed by atoms with Crippen molar-refractivity contribution < 1.29 is 24.1 Å². The zero-order chi connectivity index (χ0) is 12.0. The van der Waals surface area contributed by atoms with Crippen LogP contribution in [0.1, 0.15) is 13.8 Å². The SMILES string of the molecule is CC1(C)O[C@H]2O[C@@](C=O)(CO)[C@H](N=O)[C@H]2O1. The van der Waals surface area contributed by atoms with Gasteiger partial charge in [0, 0.05) is 0 Å². The van der Waals surface area contributed by atoms with Crippen LogP contribution < -0.4 is 0 Å². The fourth-order valence-corrected chi connectivity index (χ4v) is 2.04. The summed E-state index contributed by atoms with van der Waals surface area (Å²) in [5.74, 6) is -0.886. The molecule has 2 aliphatic rings. The molecular weight excluding hydrogens is 218 g/mol. The van der Waals surface area contributed by atoms with Crippen LogP contribution >= 0.6 is 0 Å². The lowest BCUT2D eigenvalue weighted by molar-refractivity contribution is -0.227. The molecule has 7 nitrogen and oxygen atoms in total. The van der Waals surface area contributed by atoms with Gasteiger partial charge in [0.1, 0.15) is 6.10 Å². The van der Waals surface area contributed by atoms with E-state index in [0.717, 1.165) is 0 Å². The number of aldehydes is 1. The highest BCUT2D eigenvalue weighted by Crippen LogP contribution is 2.42. The van der Waals surface area contributed by atoms with E-state index in [2.05, 4.69) is 5.18 Å². The number of ether oxygens (including phenoxy) is 3. The zero-order valence-electron chi connectivity index (χ0n) is 8.95. The van der Waals surface area contributed by atoms with Gasteiger partial charge in [-0.25, -0.2) is 0 Å². The van der Waals surface area contributed by atoms with Gasteiger partial charge in [-0.3, -0.25) is 4.79 Å². The van der Waals surface area contributed by atoms with E-state index >= 15 is 0 Å². The molecule has 1 N–H and O–H groups in total. The van der Waals surface area contributed by atoms with Crippen molar-refractivity contribution in [2.24, 2.45) is 5.18 Å². The largest absolute Gasteiger partial charge is 0.393 e. The Morgan fingerprint density at radius 2 is 2.06 bits per heavy atom. The number of rotatable bonds is 3. The highest BCUT2D eigenvalue weighted by Gasteiger charge is 2.63. The highest BCUT2D eigenvalue weighted by atomic mass is 16.8. The molecular formula is C9H13NO6. The molecule has 2 aliphatic heterocycles. The summed E-state index contributed by atoms with van der Waals surface area (Å²) in [5, 5.41) is 12.0. The van der Waals surface area contributed by atoms with Crippen LogP contribution in [0, 0.1) is 4.91 Å². The maximum atomic E-state index is 10.9. The van der Waals surface area contributed by atoms with E-state index in [4.69, 9.17) is 19.3 Å². The number of nitrogens with zero attached hydrogens (tertiary/aromatic N) is 1. The van der Waals surface area contributed by atoms with Crippen molar-refractivity contribution in [2.45, 2.75) is 43.7 Å². The minimum Gasteiger partial charge on any atom is -0.393 e. The van der Waals surface area contributed by atoms with Crippen molar-refractivity contribution in [1.82, 2.24) is 0 Å². The monoisotopic (exact) mass is 231 g/mol. The van der Waals surface area contributed by atoms with Crippen LogP contribution in [0.25, 0.3) is 0 Å². The van der Waals surface area contributed by atoms with Crippen molar-refractivity contribution in [3.63, 3.8) is 0 Å². The van der Waals surface area contributed by atoms with E-state index in [1.165, 1.54) is 0 Å². The lowest BCUT2D eigenvalue weighted by Crippen LogP contribution is -2.48. The standard InChI is InChI=1S/C9H13NO6/c1-8(2)14-5-6(10-13)9(3-11,4-12)16-7(5)15-8/h3,5-7,12H,4H2,1-2H3/t5-,6-,7+,9+/m1/s1. The predicted molar refractivity (Wildman–Crippen MR) is 50.4 cm³/mol. The second-order valence-electron chi connectivity index (χ2n) is 4.37. The third-order valence-corrected chi connectivity index (χ3v) is 2.80. The van der Waals surface area contributed by atoms with Crippen LogP contribution in [0.4, 0.5) is 0 Å². The van der Waals surface area contributed by atoms with Gasteiger partial charge >= 0.3 is 0 Å². The third-order valence-electron chi connectivity index (χ3n) is 2.80. The summed E-state index contributed by atoms with van der Waals surface area (Å²) in [6.07, 6.45) is -1.24.